The Morgan fingerprint density at radius 2 is 2.21 bits per heavy atom. The van der Waals surface area contributed by atoms with Crippen molar-refractivity contribution in [1.29, 1.82) is 0 Å². The quantitative estimate of drug-likeness (QED) is 0.361. The number of rotatable bonds is 8. The van der Waals surface area contributed by atoms with E-state index in [2.05, 4.69) is 34.6 Å². The van der Waals surface area contributed by atoms with Gasteiger partial charge in [0.2, 0.25) is 0 Å². The zero-order valence-corrected chi connectivity index (χ0v) is 11.3. The molecule has 19 heavy (non-hydrogen) atoms. The fourth-order valence-electron chi connectivity index (χ4n) is 1.29. The van der Waals surface area contributed by atoms with Gasteiger partial charge in [-0.3, -0.25) is 9.78 Å². The number of ether oxygens (including phenoxy) is 1. The van der Waals surface area contributed by atoms with E-state index in [-0.39, 0.29) is 11.6 Å². The molecule has 0 radical (unpaired) electrons. The fraction of sp³-hybridized carbons (Fsp3) is 0.583. The molecule has 0 aliphatic rings. The number of hydrazine groups is 1. The molecule has 7 heteroatoms. The fourth-order valence-corrected chi connectivity index (χ4v) is 1.29. The van der Waals surface area contributed by atoms with Gasteiger partial charge in [0.1, 0.15) is 5.69 Å². The summed E-state index contributed by atoms with van der Waals surface area (Å²) in [7, 11) is 0. The maximum Gasteiger partial charge on any atom is 0.271 e. The number of nitrogens with one attached hydrogen (secondary N) is 2. The maximum absolute atomic E-state index is 11.7. The average molecular weight is 267 g/mol. The Balaban J connectivity index is 2.23. The molecule has 0 bridgehead atoms. The molecule has 0 atom stereocenters. The Morgan fingerprint density at radius 3 is 2.89 bits per heavy atom. The molecule has 7 nitrogen and oxygen atoms in total. The van der Waals surface area contributed by atoms with Gasteiger partial charge < -0.3 is 15.5 Å². The molecule has 0 saturated heterocycles. The molecule has 1 heterocycles. The number of amides is 1. The molecule has 0 aliphatic heterocycles. The highest BCUT2D eigenvalue weighted by Crippen LogP contribution is 2.00. The molecule has 0 unspecified atom stereocenters. The second-order valence-electron chi connectivity index (χ2n) is 4.48. The Hall–Kier alpha value is -1.73. The van der Waals surface area contributed by atoms with Crippen LogP contribution in [-0.4, -0.2) is 35.6 Å². The molecule has 1 amide bonds. The summed E-state index contributed by atoms with van der Waals surface area (Å²) in [4.78, 5) is 19.6. The monoisotopic (exact) mass is 267 g/mol. The predicted molar refractivity (Wildman–Crippen MR) is 72.4 cm³/mol. The van der Waals surface area contributed by atoms with Gasteiger partial charge in [0.15, 0.2) is 5.82 Å². The first-order chi connectivity index (χ1) is 9.13. The van der Waals surface area contributed by atoms with Crippen molar-refractivity contribution in [2.24, 2.45) is 11.8 Å². The topological polar surface area (TPSA) is 102 Å². The molecular formula is C12H21N5O2. The van der Waals surface area contributed by atoms with E-state index in [1.165, 1.54) is 12.4 Å². The van der Waals surface area contributed by atoms with Crippen molar-refractivity contribution in [3.63, 3.8) is 0 Å². The molecular weight excluding hydrogens is 246 g/mol. The van der Waals surface area contributed by atoms with Gasteiger partial charge in [-0.15, -0.1) is 0 Å². The summed E-state index contributed by atoms with van der Waals surface area (Å²) in [5, 5.41) is 2.70. The number of nitrogen functional groups attached to an aromatic ring is 1. The predicted octanol–water partition coefficient (Wildman–Crippen LogP) is 0.555. The van der Waals surface area contributed by atoms with Crippen LogP contribution in [0.5, 0.6) is 0 Å². The van der Waals surface area contributed by atoms with Crippen molar-refractivity contribution in [1.82, 2.24) is 15.3 Å². The smallest absolute Gasteiger partial charge is 0.271 e. The highest BCUT2D eigenvalue weighted by atomic mass is 16.5. The highest BCUT2D eigenvalue weighted by Gasteiger charge is 2.07. The molecule has 0 aliphatic carbocycles. The number of nitrogens with zero attached hydrogens (tertiary/aromatic N) is 2. The Morgan fingerprint density at radius 1 is 1.42 bits per heavy atom. The van der Waals surface area contributed by atoms with Gasteiger partial charge in [0.05, 0.1) is 19.0 Å². The van der Waals surface area contributed by atoms with Gasteiger partial charge in [-0.1, -0.05) is 13.8 Å². The van der Waals surface area contributed by atoms with Crippen LogP contribution in [0.3, 0.4) is 0 Å². The number of hydrogen-bond acceptors (Lipinski definition) is 6. The van der Waals surface area contributed by atoms with Crippen molar-refractivity contribution in [2.75, 3.05) is 25.2 Å². The lowest BCUT2D eigenvalue weighted by molar-refractivity contribution is 0.0901. The van der Waals surface area contributed by atoms with Gasteiger partial charge in [-0.05, 0) is 12.3 Å². The van der Waals surface area contributed by atoms with E-state index in [0.29, 0.717) is 31.5 Å². The maximum atomic E-state index is 11.7. The zero-order chi connectivity index (χ0) is 14.1. The minimum atomic E-state index is -0.294. The molecule has 0 spiro atoms. The Kier molecular flexibility index (Phi) is 6.76. The lowest BCUT2D eigenvalue weighted by Gasteiger charge is -2.07. The summed E-state index contributed by atoms with van der Waals surface area (Å²) >= 11 is 0. The normalized spacial score (nSPS) is 10.5. The summed E-state index contributed by atoms with van der Waals surface area (Å²) in [5.41, 5.74) is 2.56. The van der Waals surface area contributed by atoms with E-state index in [1.54, 1.807) is 0 Å². The molecule has 1 aromatic heterocycles. The average Bonchev–Trinajstić information content (AvgIpc) is 2.42. The molecule has 106 valence electrons. The van der Waals surface area contributed by atoms with E-state index in [0.717, 1.165) is 6.42 Å². The van der Waals surface area contributed by atoms with Gasteiger partial charge in [0.25, 0.3) is 5.91 Å². The van der Waals surface area contributed by atoms with E-state index < -0.39 is 0 Å². The van der Waals surface area contributed by atoms with Crippen molar-refractivity contribution in [2.45, 2.75) is 20.3 Å². The molecule has 1 rings (SSSR count). The van der Waals surface area contributed by atoms with Crippen LogP contribution in [0.25, 0.3) is 0 Å². The Labute approximate surface area is 112 Å². The number of anilines is 1. The second-order valence-corrected chi connectivity index (χ2v) is 4.48. The first-order valence-electron chi connectivity index (χ1n) is 6.28. The van der Waals surface area contributed by atoms with E-state index in [4.69, 9.17) is 10.6 Å². The molecule has 0 fully saturated rings. The molecule has 1 aromatic rings. The summed E-state index contributed by atoms with van der Waals surface area (Å²) < 4.78 is 5.39. The first kappa shape index (κ1) is 15.3. The first-order valence-corrected chi connectivity index (χ1v) is 6.28. The summed E-state index contributed by atoms with van der Waals surface area (Å²) in [6, 6.07) is 0. The number of nitrogens with two attached hydrogens (primary N) is 1. The Bertz CT molecular complexity index is 397. The van der Waals surface area contributed by atoms with E-state index in [9.17, 15) is 4.79 Å². The van der Waals surface area contributed by atoms with Crippen LogP contribution in [0.2, 0.25) is 0 Å². The number of carbonyl (C=O) groups is 1. The third-order valence-corrected chi connectivity index (χ3v) is 2.39. The van der Waals surface area contributed by atoms with Gasteiger partial charge in [-0.25, -0.2) is 10.8 Å². The lowest BCUT2D eigenvalue weighted by Crippen LogP contribution is -2.28. The van der Waals surface area contributed by atoms with E-state index in [1.807, 2.05) is 0 Å². The van der Waals surface area contributed by atoms with E-state index >= 15 is 0 Å². The van der Waals surface area contributed by atoms with Crippen LogP contribution < -0.4 is 16.6 Å². The molecule has 4 N–H and O–H groups in total. The number of hydrogen-bond donors (Lipinski definition) is 3. The van der Waals surface area contributed by atoms with Crippen LogP contribution in [0.4, 0.5) is 5.82 Å². The van der Waals surface area contributed by atoms with Crippen molar-refractivity contribution in [3.05, 3.63) is 18.1 Å². The van der Waals surface area contributed by atoms with Gasteiger partial charge >= 0.3 is 0 Å². The lowest BCUT2D eigenvalue weighted by atomic mass is 10.1. The third-order valence-electron chi connectivity index (χ3n) is 2.39. The largest absolute Gasteiger partial charge is 0.380 e. The number of aromatic nitrogens is 2. The van der Waals surface area contributed by atoms with Crippen molar-refractivity contribution >= 4 is 11.7 Å². The van der Waals surface area contributed by atoms with Crippen LogP contribution in [0.15, 0.2) is 12.4 Å². The second kappa shape index (κ2) is 8.39. The highest BCUT2D eigenvalue weighted by molar-refractivity contribution is 5.92. The van der Waals surface area contributed by atoms with Crippen LogP contribution in [0, 0.1) is 5.92 Å². The summed E-state index contributed by atoms with van der Waals surface area (Å²) in [5.74, 6) is 5.87. The molecule has 0 saturated carbocycles. The van der Waals surface area contributed by atoms with Crippen LogP contribution in [-0.2, 0) is 4.74 Å². The summed E-state index contributed by atoms with van der Waals surface area (Å²) in [6.45, 7) is 5.92. The van der Waals surface area contributed by atoms with Crippen molar-refractivity contribution < 1.29 is 9.53 Å². The van der Waals surface area contributed by atoms with Gasteiger partial charge in [-0.2, -0.15) is 0 Å². The number of carbonyl (C=O) groups excluding carboxylic acids is 1. The standard InChI is InChI=1S/C12H21N5O2/c1-9(2)3-5-19-6-4-15-12(18)10-7-14-8-11(16-10)17-13/h7-9H,3-6,13H2,1-2H3,(H,15,18)(H,16,17). The minimum Gasteiger partial charge on any atom is -0.380 e. The summed E-state index contributed by atoms with van der Waals surface area (Å²) in [6.07, 6.45) is 3.84. The van der Waals surface area contributed by atoms with Gasteiger partial charge in [0, 0.05) is 13.2 Å². The third kappa shape index (κ3) is 6.12. The zero-order valence-electron chi connectivity index (χ0n) is 11.3. The molecule has 0 aromatic carbocycles. The van der Waals surface area contributed by atoms with Crippen molar-refractivity contribution in [3.8, 4) is 0 Å². The SMILES string of the molecule is CC(C)CCOCCNC(=O)c1cncc(NN)n1. The van der Waals surface area contributed by atoms with Crippen LogP contribution in [0.1, 0.15) is 30.8 Å². The minimum absolute atomic E-state index is 0.220. The van der Waals surface area contributed by atoms with Crippen LogP contribution >= 0.6 is 0 Å².